The molecule has 1 rings (SSSR count). The Kier molecular flexibility index (Phi) is 5.16. The Morgan fingerprint density at radius 2 is 2.17 bits per heavy atom. The SMILES string of the molecule is Cc1nn(C)c(Cl)c1CN(C)CC(=O)NC(C)C. The molecule has 0 bridgehead atoms. The first kappa shape index (κ1) is 15.0. The van der Waals surface area contributed by atoms with Crippen LogP contribution in [0.25, 0.3) is 0 Å². The van der Waals surface area contributed by atoms with Crippen LogP contribution in [0.4, 0.5) is 0 Å². The van der Waals surface area contributed by atoms with Gasteiger partial charge in [0.2, 0.25) is 5.91 Å². The third kappa shape index (κ3) is 3.99. The van der Waals surface area contributed by atoms with Crippen molar-refractivity contribution < 1.29 is 4.79 Å². The van der Waals surface area contributed by atoms with Crippen LogP contribution in [-0.4, -0.2) is 40.2 Å². The standard InChI is InChI=1S/C12H21ClN4O/c1-8(2)14-11(18)7-16(4)6-10-9(3)15-17(5)12(10)13/h8H,6-7H2,1-5H3,(H,14,18). The number of nitrogens with one attached hydrogen (secondary N) is 1. The minimum absolute atomic E-state index is 0.0187. The van der Waals surface area contributed by atoms with Crippen LogP contribution in [0, 0.1) is 6.92 Å². The van der Waals surface area contributed by atoms with Crippen molar-refractivity contribution >= 4 is 17.5 Å². The summed E-state index contributed by atoms with van der Waals surface area (Å²) in [6.07, 6.45) is 0. The first-order chi connectivity index (χ1) is 8.31. The smallest absolute Gasteiger partial charge is 0.234 e. The van der Waals surface area contributed by atoms with Crippen molar-refractivity contribution in [3.63, 3.8) is 0 Å². The molecule has 1 N–H and O–H groups in total. The largest absolute Gasteiger partial charge is 0.353 e. The molecule has 0 fully saturated rings. The summed E-state index contributed by atoms with van der Waals surface area (Å²) in [6.45, 7) is 6.77. The zero-order valence-corrected chi connectivity index (χ0v) is 12.4. The molecule has 0 aliphatic carbocycles. The zero-order chi connectivity index (χ0) is 13.9. The van der Waals surface area contributed by atoms with Crippen molar-refractivity contribution in [2.75, 3.05) is 13.6 Å². The van der Waals surface area contributed by atoms with Crippen LogP contribution in [0.1, 0.15) is 25.1 Å². The molecule has 1 aromatic rings. The highest BCUT2D eigenvalue weighted by molar-refractivity contribution is 6.30. The molecule has 0 saturated carbocycles. The van der Waals surface area contributed by atoms with E-state index in [1.165, 1.54) is 0 Å². The van der Waals surface area contributed by atoms with E-state index in [1.807, 2.05) is 39.8 Å². The minimum Gasteiger partial charge on any atom is -0.353 e. The fraction of sp³-hybridized carbons (Fsp3) is 0.667. The Labute approximate surface area is 113 Å². The Bertz CT molecular complexity index is 428. The molecule has 6 heteroatoms. The normalized spacial score (nSPS) is 11.3. The molecule has 1 amide bonds. The molecule has 0 radical (unpaired) electrons. The van der Waals surface area contributed by atoms with Crippen LogP contribution >= 0.6 is 11.6 Å². The van der Waals surface area contributed by atoms with Gasteiger partial charge in [-0.15, -0.1) is 0 Å². The highest BCUT2D eigenvalue weighted by Crippen LogP contribution is 2.19. The Balaban J connectivity index is 2.59. The lowest BCUT2D eigenvalue weighted by molar-refractivity contribution is -0.122. The number of amides is 1. The number of likely N-dealkylation sites (N-methyl/N-ethyl adjacent to an activating group) is 1. The molecule has 1 heterocycles. The molecular weight excluding hydrogens is 252 g/mol. The number of aryl methyl sites for hydroxylation is 2. The summed E-state index contributed by atoms with van der Waals surface area (Å²) < 4.78 is 1.65. The summed E-state index contributed by atoms with van der Waals surface area (Å²) in [4.78, 5) is 13.5. The third-order valence-electron chi connectivity index (χ3n) is 2.56. The van der Waals surface area contributed by atoms with Crippen molar-refractivity contribution in [2.45, 2.75) is 33.4 Å². The van der Waals surface area contributed by atoms with Gasteiger partial charge in [-0.2, -0.15) is 5.10 Å². The van der Waals surface area contributed by atoms with Crippen molar-refractivity contribution in [1.29, 1.82) is 0 Å². The van der Waals surface area contributed by atoms with Gasteiger partial charge in [0, 0.05) is 25.2 Å². The third-order valence-corrected chi connectivity index (χ3v) is 3.03. The second-order valence-electron chi connectivity index (χ2n) is 4.87. The Morgan fingerprint density at radius 3 is 2.61 bits per heavy atom. The predicted octanol–water partition coefficient (Wildman–Crippen LogP) is 1.34. The molecular formula is C12H21ClN4O. The molecule has 0 aliphatic rings. The maximum atomic E-state index is 11.6. The van der Waals surface area contributed by atoms with Gasteiger partial charge in [0.15, 0.2) is 0 Å². The van der Waals surface area contributed by atoms with Crippen LogP contribution in [0.15, 0.2) is 0 Å². The van der Waals surface area contributed by atoms with Gasteiger partial charge in [-0.1, -0.05) is 11.6 Å². The van der Waals surface area contributed by atoms with E-state index >= 15 is 0 Å². The molecule has 102 valence electrons. The highest BCUT2D eigenvalue weighted by atomic mass is 35.5. The average molecular weight is 273 g/mol. The first-order valence-electron chi connectivity index (χ1n) is 5.97. The second-order valence-corrected chi connectivity index (χ2v) is 5.23. The summed E-state index contributed by atoms with van der Waals surface area (Å²) in [7, 11) is 3.70. The number of carbonyl (C=O) groups is 1. The number of carbonyl (C=O) groups excluding carboxylic acids is 1. The monoisotopic (exact) mass is 272 g/mol. The quantitative estimate of drug-likeness (QED) is 0.880. The van der Waals surface area contributed by atoms with Crippen molar-refractivity contribution in [2.24, 2.45) is 7.05 Å². The molecule has 0 saturated heterocycles. The van der Waals surface area contributed by atoms with Gasteiger partial charge in [-0.05, 0) is 27.8 Å². The lowest BCUT2D eigenvalue weighted by Gasteiger charge is -2.17. The number of hydrogen-bond donors (Lipinski definition) is 1. The molecule has 18 heavy (non-hydrogen) atoms. The number of rotatable bonds is 5. The van der Waals surface area contributed by atoms with E-state index in [1.54, 1.807) is 4.68 Å². The van der Waals surface area contributed by atoms with E-state index in [-0.39, 0.29) is 11.9 Å². The lowest BCUT2D eigenvalue weighted by atomic mass is 10.2. The van der Waals surface area contributed by atoms with E-state index in [9.17, 15) is 4.79 Å². The van der Waals surface area contributed by atoms with E-state index in [2.05, 4.69) is 10.4 Å². The maximum absolute atomic E-state index is 11.6. The molecule has 0 spiro atoms. The van der Waals surface area contributed by atoms with E-state index in [0.717, 1.165) is 11.3 Å². The predicted molar refractivity (Wildman–Crippen MR) is 72.6 cm³/mol. The van der Waals surface area contributed by atoms with Gasteiger partial charge >= 0.3 is 0 Å². The number of aromatic nitrogens is 2. The van der Waals surface area contributed by atoms with Crippen LogP contribution in [-0.2, 0) is 18.4 Å². The first-order valence-corrected chi connectivity index (χ1v) is 6.35. The van der Waals surface area contributed by atoms with Gasteiger partial charge in [0.05, 0.1) is 12.2 Å². The maximum Gasteiger partial charge on any atom is 0.234 e. The number of halogens is 1. The molecule has 0 aliphatic heterocycles. The lowest BCUT2D eigenvalue weighted by Crippen LogP contribution is -2.38. The minimum atomic E-state index is 0.0187. The number of hydrogen-bond acceptors (Lipinski definition) is 3. The molecule has 0 aromatic carbocycles. The fourth-order valence-corrected chi connectivity index (χ4v) is 2.03. The summed E-state index contributed by atoms with van der Waals surface area (Å²) >= 11 is 6.15. The summed E-state index contributed by atoms with van der Waals surface area (Å²) in [5.41, 5.74) is 1.87. The van der Waals surface area contributed by atoms with Gasteiger partial charge < -0.3 is 5.32 Å². The van der Waals surface area contributed by atoms with Crippen LogP contribution in [0.5, 0.6) is 0 Å². The van der Waals surface area contributed by atoms with Crippen LogP contribution in [0.2, 0.25) is 5.15 Å². The van der Waals surface area contributed by atoms with Gasteiger partial charge in [0.1, 0.15) is 5.15 Å². The Hall–Kier alpha value is -1.07. The molecule has 0 unspecified atom stereocenters. The summed E-state index contributed by atoms with van der Waals surface area (Å²) in [5.74, 6) is 0.0187. The molecule has 5 nitrogen and oxygen atoms in total. The van der Waals surface area contributed by atoms with E-state index in [0.29, 0.717) is 18.2 Å². The summed E-state index contributed by atoms with van der Waals surface area (Å²) in [5, 5.41) is 7.74. The average Bonchev–Trinajstić information content (AvgIpc) is 2.43. The van der Waals surface area contributed by atoms with Crippen molar-refractivity contribution in [3.05, 3.63) is 16.4 Å². The second kappa shape index (κ2) is 6.20. The van der Waals surface area contributed by atoms with Crippen molar-refractivity contribution in [1.82, 2.24) is 20.0 Å². The van der Waals surface area contributed by atoms with E-state index < -0.39 is 0 Å². The summed E-state index contributed by atoms with van der Waals surface area (Å²) in [6, 6.07) is 0.162. The van der Waals surface area contributed by atoms with Gasteiger partial charge in [-0.3, -0.25) is 14.4 Å². The van der Waals surface area contributed by atoms with Gasteiger partial charge in [0.25, 0.3) is 0 Å². The fourth-order valence-electron chi connectivity index (χ4n) is 1.79. The van der Waals surface area contributed by atoms with E-state index in [4.69, 9.17) is 11.6 Å². The van der Waals surface area contributed by atoms with Crippen molar-refractivity contribution in [3.8, 4) is 0 Å². The number of nitrogens with zero attached hydrogens (tertiary/aromatic N) is 3. The van der Waals surface area contributed by atoms with Crippen LogP contribution < -0.4 is 5.32 Å². The Morgan fingerprint density at radius 1 is 1.56 bits per heavy atom. The molecule has 0 atom stereocenters. The van der Waals surface area contributed by atoms with Gasteiger partial charge in [-0.25, -0.2) is 0 Å². The zero-order valence-electron chi connectivity index (χ0n) is 11.6. The molecule has 1 aromatic heterocycles. The topological polar surface area (TPSA) is 50.2 Å². The van der Waals surface area contributed by atoms with Crippen LogP contribution in [0.3, 0.4) is 0 Å². The highest BCUT2D eigenvalue weighted by Gasteiger charge is 2.15.